The van der Waals surface area contributed by atoms with Crippen molar-refractivity contribution < 1.29 is 29.0 Å². The van der Waals surface area contributed by atoms with Crippen molar-refractivity contribution in [3.8, 4) is 5.75 Å². The second kappa shape index (κ2) is 10.7. The van der Waals surface area contributed by atoms with Crippen molar-refractivity contribution in [1.82, 2.24) is 4.90 Å². The predicted molar refractivity (Wildman–Crippen MR) is 138 cm³/mol. The van der Waals surface area contributed by atoms with Gasteiger partial charge in [-0.3, -0.25) is 9.69 Å². The molecule has 0 radical (unpaired) electrons. The van der Waals surface area contributed by atoms with E-state index < -0.39 is 11.9 Å². The molecule has 1 fully saturated rings. The first kappa shape index (κ1) is 24.5. The number of aliphatic imine (C=N–C) groups is 1. The molecule has 1 heterocycles. The van der Waals surface area contributed by atoms with Gasteiger partial charge in [-0.1, -0.05) is 0 Å². The molecule has 11 heteroatoms. The number of carboxylic acid groups (broad SMARTS) is 1. The molecule has 0 bridgehead atoms. The molecular weight excluding hydrogens is 662 g/mol. The zero-order chi connectivity index (χ0) is 23.4. The Kier molecular flexibility index (Phi) is 8.16. The van der Waals surface area contributed by atoms with E-state index in [0.717, 1.165) is 12.7 Å². The van der Waals surface area contributed by atoms with Gasteiger partial charge in [0.05, 0.1) is 30.4 Å². The number of rotatable bonds is 6. The van der Waals surface area contributed by atoms with E-state index in [2.05, 4.69) is 54.9 Å². The third kappa shape index (κ3) is 5.81. The number of ether oxygens (including phenoxy) is 2. The third-order valence-corrected chi connectivity index (χ3v) is 6.89. The number of carbonyl (C=O) groups is 3. The van der Waals surface area contributed by atoms with Gasteiger partial charge in [0, 0.05) is 7.05 Å². The SMILES string of the molecule is COC(=O)COc1c(I)cc(/C=C2\SC(=Nc3ccc(C(=O)O)cc3)N(C)C2=O)cc1I. The van der Waals surface area contributed by atoms with Crippen LogP contribution in [0.4, 0.5) is 5.69 Å². The Labute approximate surface area is 215 Å². The Bertz CT molecular complexity index is 1120. The van der Waals surface area contributed by atoms with Gasteiger partial charge in [0.15, 0.2) is 11.8 Å². The van der Waals surface area contributed by atoms with Crippen molar-refractivity contribution in [2.75, 3.05) is 20.8 Å². The Hall–Kier alpha value is -2.13. The molecule has 1 aliphatic rings. The topological polar surface area (TPSA) is 106 Å². The van der Waals surface area contributed by atoms with E-state index in [9.17, 15) is 14.4 Å². The van der Waals surface area contributed by atoms with Crippen LogP contribution in [-0.4, -0.2) is 53.8 Å². The molecule has 2 aromatic rings. The molecule has 0 saturated carbocycles. The molecule has 0 spiro atoms. The van der Waals surface area contributed by atoms with Gasteiger partial charge < -0.3 is 14.6 Å². The number of aromatic carboxylic acids is 1. The van der Waals surface area contributed by atoms with E-state index in [1.54, 1.807) is 25.3 Å². The summed E-state index contributed by atoms with van der Waals surface area (Å²) in [4.78, 5) is 41.4. The van der Waals surface area contributed by atoms with Crippen LogP contribution >= 0.6 is 56.9 Å². The monoisotopic (exact) mass is 678 g/mol. The average molecular weight is 678 g/mol. The molecule has 1 saturated heterocycles. The van der Waals surface area contributed by atoms with Crippen LogP contribution in [0.2, 0.25) is 0 Å². The number of carboxylic acids is 1. The van der Waals surface area contributed by atoms with Crippen molar-refractivity contribution >= 4 is 91.7 Å². The summed E-state index contributed by atoms with van der Waals surface area (Å²) in [5.74, 6) is -1.09. The van der Waals surface area contributed by atoms with E-state index in [0.29, 0.717) is 21.5 Å². The number of benzene rings is 2. The second-order valence-corrected chi connectivity index (χ2v) is 9.73. The molecule has 0 unspecified atom stereocenters. The summed E-state index contributed by atoms with van der Waals surface area (Å²) in [5, 5.41) is 9.50. The lowest BCUT2D eigenvalue weighted by molar-refractivity contribution is -0.143. The Balaban J connectivity index is 1.82. The van der Waals surface area contributed by atoms with Crippen LogP contribution < -0.4 is 4.74 Å². The quantitative estimate of drug-likeness (QED) is 0.275. The van der Waals surface area contributed by atoms with E-state index in [1.165, 1.54) is 35.9 Å². The van der Waals surface area contributed by atoms with Crippen molar-refractivity contribution in [3.63, 3.8) is 0 Å². The zero-order valence-corrected chi connectivity index (χ0v) is 21.9. The van der Waals surface area contributed by atoms with Crippen LogP contribution in [0.3, 0.4) is 0 Å². The number of nitrogens with zero attached hydrogens (tertiary/aromatic N) is 2. The number of hydrogen-bond donors (Lipinski definition) is 1. The van der Waals surface area contributed by atoms with Gasteiger partial charge in [-0.25, -0.2) is 14.6 Å². The number of thioether (sulfide) groups is 1. The summed E-state index contributed by atoms with van der Waals surface area (Å²) in [6.07, 6.45) is 1.77. The number of amides is 1. The first-order chi connectivity index (χ1) is 15.2. The first-order valence-corrected chi connectivity index (χ1v) is 11.9. The third-order valence-electron chi connectivity index (χ3n) is 4.22. The van der Waals surface area contributed by atoms with Gasteiger partial charge >= 0.3 is 11.9 Å². The van der Waals surface area contributed by atoms with E-state index >= 15 is 0 Å². The number of esters is 1. The van der Waals surface area contributed by atoms with Crippen LogP contribution in [0, 0.1) is 7.14 Å². The Morgan fingerprint density at radius 1 is 1.19 bits per heavy atom. The van der Waals surface area contributed by atoms with Crippen molar-refractivity contribution in [1.29, 1.82) is 0 Å². The minimum Gasteiger partial charge on any atom is -0.480 e. The average Bonchev–Trinajstić information content (AvgIpc) is 3.01. The van der Waals surface area contributed by atoms with Gasteiger partial charge in [-0.2, -0.15) is 0 Å². The molecular formula is C21H16I2N2O6S. The number of carbonyl (C=O) groups excluding carboxylic acids is 2. The molecule has 3 rings (SSSR count). The maximum Gasteiger partial charge on any atom is 0.343 e. The smallest absolute Gasteiger partial charge is 0.343 e. The number of halogens is 2. The lowest BCUT2D eigenvalue weighted by Gasteiger charge is -2.10. The number of hydrogen-bond acceptors (Lipinski definition) is 7. The predicted octanol–water partition coefficient (Wildman–Crippen LogP) is 4.38. The summed E-state index contributed by atoms with van der Waals surface area (Å²) in [5.41, 5.74) is 1.52. The van der Waals surface area contributed by atoms with Crippen LogP contribution in [0.1, 0.15) is 15.9 Å². The van der Waals surface area contributed by atoms with E-state index in [4.69, 9.17) is 9.84 Å². The highest BCUT2D eigenvalue weighted by molar-refractivity contribution is 14.1. The minimum absolute atomic E-state index is 0.168. The zero-order valence-electron chi connectivity index (χ0n) is 16.8. The second-order valence-electron chi connectivity index (χ2n) is 6.40. The fourth-order valence-electron chi connectivity index (χ4n) is 2.58. The standard InChI is InChI=1S/C21H16I2N2O6S/c1-25-19(27)16(32-21(25)24-13-5-3-12(4-6-13)20(28)29)9-11-7-14(22)18(15(23)8-11)31-10-17(26)30-2/h3-9H,10H2,1-2H3,(H,28,29)/b16-9-,24-21?. The van der Waals surface area contributed by atoms with Gasteiger partial charge in [0.2, 0.25) is 0 Å². The summed E-state index contributed by atoms with van der Waals surface area (Å²) in [6.45, 7) is -0.185. The maximum atomic E-state index is 12.7. The van der Waals surface area contributed by atoms with Gasteiger partial charge in [-0.05, 0) is 105 Å². The summed E-state index contributed by atoms with van der Waals surface area (Å²) >= 11 is 5.46. The van der Waals surface area contributed by atoms with Crippen molar-refractivity contribution in [2.45, 2.75) is 0 Å². The molecule has 0 atom stereocenters. The molecule has 1 N–H and O–H groups in total. The molecule has 8 nitrogen and oxygen atoms in total. The first-order valence-electron chi connectivity index (χ1n) is 8.98. The fraction of sp³-hybridized carbons (Fsp3) is 0.143. The van der Waals surface area contributed by atoms with Crippen LogP contribution in [-0.2, 0) is 14.3 Å². The van der Waals surface area contributed by atoms with Crippen molar-refractivity contribution in [3.05, 3.63) is 59.6 Å². The largest absolute Gasteiger partial charge is 0.480 e. The lowest BCUT2D eigenvalue weighted by atomic mass is 10.2. The Morgan fingerprint density at radius 3 is 2.38 bits per heavy atom. The molecule has 1 amide bonds. The minimum atomic E-state index is -1.01. The van der Waals surface area contributed by atoms with Crippen LogP contribution in [0.15, 0.2) is 46.3 Å². The maximum absolute atomic E-state index is 12.7. The highest BCUT2D eigenvalue weighted by atomic mass is 127. The molecule has 166 valence electrons. The van der Waals surface area contributed by atoms with Gasteiger partial charge in [0.1, 0.15) is 5.75 Å². The van der Waals surface area contributed by atoms with Crippen LogP contribution in [0.25, 0.3) is 6.08 Å². The number of amidine groups is 1. The highest BCUT2D eigenvalue weighted by Gasteiger charge is 2.30. The normalized spacial score (nSPS) is 16.0. The summed E-state index contributed by atoms with van der Waals surface area (Å²) in [6, 6.07) is 9.83. The van der Waals surface area contributed by atoms with E-state index in [-0.39, 0.29) is 18.1 Å². The van der Waals surface area contributed by atoms with Crippen molar-refractivity contribution in [2.24, 2.45) is 4.99 Å². The highest BCUT2D eigenvalue weighted by Crippen LogP contribution is 2.35. The fourth-order valence-corrected chi connectivity index (χ4v) is 5.70. The molecule has 2 aromatic carbocycles. The van der Waals surface area contributed by atoms with E-state index in [1.807, 2.05) is 12.1 Å². The lowest BCUT2D eigenvalue weighted by Crippen LogP contribution is -2.23. The molecule has 0 aliphatic carbocycles. The van der Waals surface area contributed by atoms with Crippen LogP contribution in [0.5, 0.6) is 5.75 Å². The summed E-state index contributed by atoms with van der Waals surface area (Å²) in [7, 11) is 2.94. The molecule has 32 heavy (non-hydrogen) atoms. The number of methoxy groups -OCH3 is 1. The summed E-state index contributed by atoms with van der Waals surface area (Å²) < 4.78 is 11.7. The van der Waals surface area contributed by atoms with Gasteiger partial charge in [0.25, 0.3) is 5.91 Å². The molecule has 0 aromatic heterocycles. The number of likely N-dealkylation sites (N-methyl/N-ethyl adjacent to an activating group) is 1. The molecule has 1 aliphatic heterocycles. The Morgan fingerprint density at radius 2 is 1.81 bits per heavy atom. The van der Waals surface area contributed by atoms with Gasteiger partial charge in [-0.15, -0.1) is 0 Å².